The molecule has 2 aliphatic carbocycles. The topological polar surface area (TPSA) is 121 Å². The lowest BCUT2D eigenvalue weighted by atomic mass is 9.56. The molecule has 1 N–H and O–H groups in total. The Labute approximate surface area is 316 Å². The second-order valence-electron chi connectivity index (χ2n) is 13.8. The number of alkyl halides is 2. The summed E-state index contributed by atoms with van der Waals surface area (Å²) in [4.78, 5) is 57.0. The van der Waals surface area contributed by atoms with Crippen LogP contribution < -0.4 is 9.80 Å². The largest absolute Gasteiger partial charge is 0.508 e. The summed E-state index contributed by atoms with van der Waals surface area (Å²) in [6.07, 6.45) is 0.880. The average molecular weight is 795 g/mol. The molecule has 0 spiro atoms. The third-order valence-corrected chi connectivity index (χ3v) is 12.5. The summed E-state index contributed by atoms with van der Waals surface area (Å²) in [5.74, 6) is -21.6. The fraction of sp³-hybridized carbons (Fsp3) is 0.205. The van der Waals surface area contributed by atoms with E-state index in [1.807, 2.05) is 6.07 Å². The van der Waals surface area contributed by atoms with Crippen molar-refractivity contribution in [1.82, 2.24) is 4.98 Å². The number of imide groups is 2. The molecule has 0 bridgehead atoms. The van der Waals surface area contributed by atoms with Crippen molar-refractivity contribution in [1.29, 1.82) is 0 Å². The predicted octanol–water partition coefficient (Wildman–Crippen LogP) is 7.66. The molecule has 9 nitrogen and oxygen atoms in total. The number of rotatable bonds is 4. The molecule has 4 aromatic carbocycles. The summed E-state index contributed by atoms with van der Waals surface area (Å²) < 4.78 is 79.3. The van der Waals surface area contributed by atoms with Crippen LogP contribution in [0.4, 0.5) is 33.3 Å². The minimum Gasteiger partial charge on any atom is -0.508 e. The number of carbonyl (C=O) groups is 4. The third kappa shape index (κ3) is 4.61. The first-order valence-corrected chi connectivity index (χ1v) is 17.6. The molecule has 4 amide bonds. The number of phenols is 1. The first-order chi connectivity index (χ1) is 26.2. The number of benzene rings is 4. The molecule has 3 heterocycles. The van der Waals surface area contributed by atoms with E-state index in [-0.39, 0.29) is 33.9 Å². The Morgan fingerprint density at radius 1 is 0.764 bits per heavy atom. The lowest BCUT2D eigenvalue weighted by Crippen LogP contribution is -2.60. The fourth-order valence-electron chi connectivity index (χ4n) is 8.65. The predicted molar refractivity (Wildman–Crippen MR) is 186 cm³/mol. The second-order valence-corrected chi connectivity index (χ2v) is 15.1. The smallest absolute Gasteiger partial charge is 0.258 e. The van der Waals surface area contributed by atoms with Gasteiger partial charge in [0.2, 0.25) is 23.5 Å². The SMILES string of the molecule is O=C1[C@H]2[C@H](CC=C3[C@H]2C[C@@]2(Cl)C(=O)N(c4c(F)c(F)c(F)c(F)c4F)C(=O)[C@@]2(Cl)[C@H]3c2cccc(O)c2)C(=O)N1c1ccc(-c2nc3ccccc3o2)cc1. The summed E-state index contributed by atoms with van der Waals surface area (Å²) in [5, 5.41) is 10.5. The number of aromatic nitrogens is 1. The van der Waals surface area contributed by atoms with Crippen molar-refractivity contribution in [2.45, 2.75) is 28.5 Å². The first-order valence-electron chi connectivity index (χ1n) is 16.8. The van der Waals surface area contributed by atoms with E-state index in [1.165, 1.54) is 36.4 Å². The molecule has 9 rings (SSSR count). The molecule has 0 radical (unpaired) electrons. The van der Waals surface area contributed by atoms with E-state index in [0.29, 0.717) is 22.6 Å². The number of nitrogens with zero attached hydrogens (tertiary/aromatic N) is 3. The number of aromatic hydroxyl groups is 1. The Balaban J connectivity index is 1.14. The van der Waals surface area contributed by atoms with Gasteiger partial charge >= 0.3 is 0 Å². The number of para-hydroxylation sites is 2. The molecule has 2 saturated heterocycles. The van der Waals surface area contributed by atoms with E-state index in [0.717, 1.165) is 4.90 Å². The van der Waals surface area contributed by atoms with Gasteiger partial charge in [0, 0.05) is 11.5 Å². The van der Waals surface area contributed by atoms with E-state index >= 15 is 8.78 Å². The van der Waals surface area contributed by atoms with E-state index in [9.17, 15) is 37.5 Å². The van der Waals surface area contributed by atoms with Crippen molar-refractivity contribution < 1.29 is 50.7 Å². The molecule has 1 aromatic heterocycles. The normalized spacial score (nSPS) is 27.4. The van der Waals surface area contributed by atoms with Crippen molar-refractivity contribution in [2.24, 2.45) is 17.8 Å². The van der Waals surface area contributed by atoms with Gasteiger partial charge in [0.1, 0.15) is 17.0 Å². The van der Waals surface area contributed by atoms with Crippen LogP contribution in [0.1, 0.15) is 24.3 Å². The summed E-state index contributed by atoms with van der Waals surface area (Å²) in [6.45, 7) is 0. The maximum Gasteiger partial charge on any atom is 0.258 e. The Morgan fingerprint density at radius 3 is 2.11 bits per heavy atom. The van der Waals surface area contributed by atoms with Gasteiger partial charge in [0.15, 0.2) is 38.6 Å². The number of hydrogen-bond acceptors (Lipinski definition) is 7. The van der Waals surface area contributed by atoms with Crippen molar-refractivity contribution in [3.63, 3.8) is 0 Å². The average Bonchev–Trinajstić information content (AvgIpc) is 3.77. The van der Waals surface area contributed by atoms with E-state index in [4.69, 9.17) is 27.6 Å². The molecule has 4 aliphatic rings. The fourth-order valence-corrected chi connectivity index (χ4v) is 9.58. The zero-order valence-corrected chi connectivity index (χ0v) is 29.2. The molecule has 3 fully saturated rings. The molecular formula is C39H22Cl2F5N3O6. The first kappa shape index (κ1) is 35.1. The molecule has 0 unspecified atom stereocenters. The van der Waals surface area contributed by atoms with E-state index < -0.39 is 98.2 Å². The maximum atomic E-state index is 15.2. The molecule has 278 valence electrons. The molecule has 6 atom stereocenters. The number of halogens is 7. The Morgan fingerprint density at radius 2 is 1.44 bits per heavy atom. The number of phenolic OH excluding ortho intramolecular Hbond substituents is 1. The molecule has 16 heteroatoms. The van der Waals surface area contributed by atoms with Gasteiger partial charge in [-0.05, 0) is 72.9 Å². The third-order valence-electron chi connectivity index (χ3n) is 11.1. The van der Waals surface area contributed by atoms with Gasteiger partial charge < -0.3 is 9.52 Å². The van der Waals surface area contributed by atoms with Gasteiger partial charge in [0.25, 0.3) is 11.8 Å². The number of fused-ring (bicyclic) bond motifs is 5. The standard InChI is InChI=1S/C39H22Cl2F5N3O6/c40-38-15-22-20(12-13-21-25(22)35(52)48(34(21)51)18-10-8-16(9-11-18)33-47-23-6-1-2-7-24(23)55-33)26(17-4-3-5-19(50)14-17)39(38,41)37(54)49(36(38)53)32-30(45)28(43)27(42)29(44)31(32)46/h1-12,14,21-22,25-26,50H,13,15H2/t21-,22+,25-,26-,38+,39-/m0/s1. The van der Waals surface area contributed by atoms with Crippen molar-refractivity contribution in [2.75, 3.05) is 9.80 Å². The number of anilines is 2. The minimum atomic E-state index is -2.69. The summed E-state index contributed by atoms with van der Waals surface area (Å²) in [6, 6.07) is 18.8. The minimum absolute atomic E-state index is 0.0420. The Kier molecular flexibility index (Phi) is 7.63. The van der Waals surface area contributed by atoms with Crippen LogP contribution in [0.2, 0.25) is 0 Å². The number of hydrogen-bond donors (Lipinski definition) is 1. The monoisotopic (exact) mass is 793 g/mol. The maximum absolute atomic E-state index is 15.2. The highest BCUT2D eigenvalue weighted by molar-refractivity contribution is 6.58. The molecular weight excluding hydrogens is 772 g/mol. The Bertz CT molecular complexity index is 2540. The second kappa shape index (κ2) is 11.9. The summed E-state index contributed by atoms with van der Waals surface area (Å²) in [7, 11) is 0. The summed E-state index contributed by atoms with van der Waals surface area (Å²) in [5.41, 5.74) is 0.434. The van der Waals surface area contributed by atoms with Crippen LogP contribution in [0.5, 0.6) is 5.75 Å². The Hall–Kier alpha value is -5.60. The number of carbonyl (C=O) groups excluding carboxylic acids is 4. The van der Waals surface area contributed by atoms with Gasteiger partial charge in [-0.1, -0.05) is 35.9 Å². The highest BCUT2D eigenvalue weighted by atomic mass is 35.5. The lowest BCUT2D eigenvalue weighted by molar-refractivity contribution is -0.125. The van der Waals surface area contributed by atoms with E-state index in [2.05, 4.69) is 4.98 Å². The quantitative estimate of drug-likeness (QED) is 0.0496. The van der Waals surface area contributed by atoms with Crippen LogP contribution in [-0.4, -0.2) is 43.5 Å². The number of oxazole rings is 1. The molecule has 1 saturated carbocycles. The number of amides is 4. The van der Waals surface area contributed by atoms with Gasteiger partial charge in [-0.3, -0.25) is 24.1 Å². The zero-order chi connectivity index (χ0) is 38.9. The van der Waals surface area contributed by atoms with Crippen molar-refractivity contribution in [3.05, 3.63) is 119 Å². The van der Waals surface area contributed by atoms with E-state index in [1.54, 1.807) is 36.4 Å². The molecule has 55 heavy (non-hydrogen) atoms. The number of allylic oxidation sites excluding steroid dienone is 2. The van der Waals surface area contributed by atoms with Crippen molar-refractivity contribution >= 4 is 69.3 Å². The van der Waals surface area contributed by atoms with Crippen LogP contribution in [-0.2, 0) is 19.2 Å². The van der Waals surface area contributed by atoms with Gasteiger partial charge in [-0.15, -0.1) is 23.2 Å². The van der Waals surface area contributed by atoms with Gasteiger partial charge in [-0.25, -0.2) is 31.8 Å². The van der Waals surface area contributed by atoms with Crippen LogP contribution in [0.25, 0.3) is 22.6 Å². The zero-order valence-electron chi connectivity index (χ0n) is 27.7. The molecule has 5 aromatic rings. The van der Waals surface area contributed by atoms with Crippen LogP contribution in [0.15, 0.2) is 88.9 Å². The highest BCUT2D eigenvalue weighted by Crippen LogP contribution is 2.66. The van der Waals surface area contributed by atoms with Crippen LogP contribution >= 0.6 is 23.2 Å². The van der Waals surface area contributed by atoms with Crippen LogP contribution in [0, 0.1) is 46.8 Å². The highest BCUT2D eigenvalue weighted by Gasteiger charge is 2.77. The summed E-state index contributed by atoms with van der Waals surface area (Å²) >= 11 is 14.3. The van der Waals surface area contributed by atoms with Gasteiger partial charge in [-0.2, -0.15) is 0 Å². The van der Waals surface area contributed by atoms with Gasteiger partial charge in [0.05, 0.1) is 17.5 Å². The van der Waals surface area contributed by atoms with Crippen LogP contribution in [0.3, 0.4) is 0 Å². The van der Waals surface area contributed by atoms with Crippen molar-refractivity contribution in [3.8, 4) is 17.2 Å². The lowest BCUT2D eigenvalue weighted by Gasteiger charge is -2.50. The molecule has 2 aliphatic heterocycles.